The number of carbonyl (C=O) groups is 1. The van der Waals surface area contributed by atoms with Crippen molar-refractivity contribution in [1.29, 1.82) is 0 Å². The van der Waals surface area contributed by atoms with E-state index in [0.717, 1.165) is 12.8 Å². The summed E-state index contributed by atoms with van der Waals surface area (Å²) in [5.41, 5.74) is 7.15. The number of carbonyl (C=O) groups excluding carboxylic acids is 1. The first-order valence-corrected chi connectivity index (χ1v) is 7.05. The van der Waals surface area contributed by atoms with Gasteiger partial charge in [0.2, 0.25) is 5.91 Å². The van der Waals surface area contributed by atoms with Gasteiger partial charge < -0.3 is 11.1 Å². The maximum absolute atomic E-state index is 11.8. The Hall–Kier alpha value is -0.870. The fourth-order valence-corrected chi connectivity index (χ4v) is 2.35. The number of nitrogens with one attached hydrogen (secondary N) is 1. The van der Waals surface area contributed by atoms with E-state index in [9.17, 15) is 4.79 Å². The first-order chi connectivity index (χ1) is 8.04. The molecule has 0 bridgehead atoms. The van der Waals surface area contributed by atoms with E-state index in [1.54, 1.807) is 11.3 Å². The summed E-state index contributed by atoms with van der Waals surface area (Å²) < 4.78 is 0. The van der Waals surface area contributed by atoms with Crippen LogP contribution in [0.4, 0.5) is 0 Å². The number of nitrogens with two attached hydrogens (primary N) is 1. The Labute approximate surface area is 107 Å². The molecule has 2 unspecified atom stereocenters. The highest BCUT2D eigenvalue weighted by molar-refractivity contribution is 7.07. The van der Waals surface area contributed by atoms with Crippen LogP contribution in [-0.2, 0) is 11.2 Å². The van der Waals surface area contributed by atoms with Crippen LogP contribution in [0.15, 0.2) is 16.8 Å². The Morgan fingerprint density at radius 1 is 1.53 bits per heavy atom. The molecule has 1 aromatic heterocycles. The highest BCUT2D eigenvalue weighted by Gasteiger charge is 2.20. The number of amides is 1. The van der Waals surface area contributed by atoms with Crippen LogP contribution in [0.5, 0.6) is 0 Å². The average Bonchev–Trinajstić information content (AvgIpc) is 2.79. The zero-order valence-corrected chi connectivity index (χ0v) is 11.6. The molecular weight excluding hydrogens is 232 g/mol. The minimum atomic E-state index is -0.398. The first-order valence-electron chi connectivity index (χ1n) is 6.11. The standard InChI is InChI=1S/C13H22N2OS/c1-4-9(2)12(14)13(16)15-10(3)7-11-5-6-17-8-11/h5-6,8-10,12H,4,7,14H2,1-3H3,(H,15,16)/t9?,10?,12-/m0/s1. The van der Waals surface area contributed by atoms with Crippen LogP contribution >= 0.6 is 11.3 Å². The van der Waals surface area contributed by atoms with Gasteiger partial charge in [0.1, 0.15) is 0 Å². The van der Waals surface area contributed by atoms with Gasteiger partial charge in [0.25, 0.3) is 0 Å². The second-order valence-electron chi connectivity index (χ2n) is 4.66. The Kier molecular flexibility index (Phi) is 5.65. The molecule has 0 fully saturated rings. The quantitative estimate of drug-likeness (QED) is 0.817. The second kappa shape index (κ2) is 6.77. The fraction of sp³-hybridized carbons (Fsp3) is 0.615. The van der Waals surface area contributed by atoms with Crippen molar-refractivity contribution in [3.05, 3.63) is 22.4 Å². The maximum Gasteiger partial charge on any atom is 0.237 e. The average molecular weight is 254 g/mol. The molecule has 96 valence electrons. The van der Waals surface area contributed by atoms with Crippen molar-refractivity contribution >= 4 is 17.2 Å². The molecule has 4 heteroatoms. The molecule has 3 nitrogen and oxygen atoms in total. The smallest absolute Gasteiger partial charge is 0.237 e. The largest absolute Gasteiger partial charge is 0.352 e. The summed E-state index contributed by atoms with van der Waals surface area (Å²) in [5.74, 6) is 0.186. The number of thiophene rings is 1. The van der Waals surface area contributed by atoms with E-state index in [1.807, 2.05) is 20.8 Å². The lowest BCUT2D eigenvalue weighted by molar-refractivity contribution is -0.124. The molecule has 1 aromatic rings. The van der Waals surface area contributed by atoms with Gasteiger partial charge in [-0.2, -0.15) is 11.3 Å². The second-order valence-corrected chi connectivity index (χ2v) is 5.44. The number of hydrogen-bond donors (Lipinski definition) is 2. The molecule has 0 saturated carbocycles. The van der Waals surface area contributed by atoms with Crippen LogP contribution in [0.2, 0.25) is 0 Å². The minimum absolute atomic E-state index is 0.0397. The normalized spacial score (nSPS) is 16.2. The summed E-state index contributed by atoms with van der Waals surface area (Å²) >= 11 is 1.68. The van der Waals surface area contributed by atoms with E-state index in [1.165, 1.54) is 5.56 Å². The minimum Gasteiger partial charge on any atom is -0.352 e. The molecule has 0 aromatic carbocycles. The molecule has 3 N–H and O–H groups in total. The van der Waals surface area contributed by atoms with Crippen LogP contribution in [-0.4, -0.2) is 18.0 Å². The predicted molar refractivity (Wildman–Crippen MR) is 73.1 cm³/mol. The zero-order valence-electron chi connectivity index (χ0n) is 10.8. The SMILES string of the molecule is CCC(C)[C@H](N)C(=O)NC(C)Cc1ccsc1. The third kappa shape index (κ3) is 4.48. The van der Waals surface area contributed by atoms with Crippen LogP contribution in [0, 0.1) is 5.92 Å². The Morgan fingerprint density at radius 3 is 2.76 bits per heavy atom. The van der Waals surface area contributed by atoms with Crippen molar-refractivity contribution < 1.29 is 4.79 Å². The fourth-order valence-electron chi connectivity index (χ4n) is 1.66. The Morgan fingerprint density at radius 2 is 2.24 bits per heavy atom. The Bertz CT molecular complexity index is 337. The van der Waals surface area contributed by atoms with Gasteiger partial charge in [-0.1, -0.05) is 20.3 Å². The van der Waals surface area contributed by atoms with Crippen LogP contribution in [0.1, 0.15) is 32.8 Å². The van der Waals surface area contributed by atoms with Crippen molar-refractivity contribution in [2.45, 2.75) is 45.7 Å². The molecule has 0 aliphatic heterocycles. The van der Waals surface area contributed by atoms with Crippen molar-refractivity contribution in [1.82, 2.24) is 5.32 Å². The molecule has 0 radical (unpaired) electrons. The zero-order chi connectivity index (χ0) is 12.8. The van der Waals surface area contributed by atoms with Gasteiger partial charge in [-0.05, 0) is 41.7 Å². The molecule has 0 spiro atoms. The van der Waals surface area contributed by atoms with E-state index >= 15 is 0 Å². The van der Waals surface area contributed by atoms with Crippen LogP contribution in [0.3, 0.4) is 0 Å². The van der Waals surface area contributed by atoms with Gasteiger partial charge in [0.05, 0.1) is 6.04 Å². The third-order valence-electron chi connectivity index (χ3n) is 3.07. The van der Waals surface area contributed by atoms with Gasteiger partial charge >= 0.3 is 0 Å². The molecular formula is C13H22N2OS. The monoisotopic (exact) mass is 254 g/mol. The highest BCUT2D eigenvalue weighted by Crippen LogP contribution is 2.09. The van der Waals surface area contributed by atoms with E-state index < -0.39 is 6.04 Å². The Balaban J connectivity index is 2.40. The summed E-state index contributed by atoms with van der Waals surface area (Å²) in [6, 6.07) is 1.82. The lowest BCUT2D eigenvalue weighted by atomic mass is 9.99. The summed E-state index contributed by atoms with van der Waals surface area (Å²) in [5, 5.41) is 7.13. The van der Waals surface area contributed by atoms with Gasteiger partial charge in [0, 0.05) is 6.04 Å². The first kappa shape index (κ1) is 14.2. The molecule has 1 amide bonds. The number of rotatable bonds is 6. The molecule has 3 atom stereocenters. The maximum atomic E-state index is 11.8. The molecule has 1 heterocycles. The summed E-state index contributed by atoms with van der Waals surface area (Å²) in [4.78, 5) is 11.8. The molecule has 1 rings (SSSR count). The van der Waals surface area contributed by atoms with E-state index in [-0.39, 0.29) is 17.9 Å². The van der Waals surface area contributed by atoms with E-state index in [4.69, 9.17) is 5.73 Å². The van der Waals surface area contributed by atoms with Crippen molar-refractivity contribution in [2.75, 3.05) is 0 Å². The summed E-state index contributed by atoms with van der Waals surface area (Å²) in [6.07, 6.45) is 1.79. The molecule has 0 saturated heterocycles. The topological polar surface area (TPSA) is 55.1 Å². The molecule has 17 heavy (non-hydrogen) atoms. The van der Waals surface area contributed by atoms with Gasteiger partial charge in [0.15, 0.2) is 0 Å². The lowest BCUT2D eigenvalue weighted by Gasteiger charge is -2.20. The van der Waals surface area contributed by atoms with Gasteiger partial charge in [-0.15, -0.1) is 0 Å². The third-order valence-corrected chi connectivity index (χ3v) is 3.80. The van der Waals surface area contributed by atoms with Crippen molar-refractivity contribution in [3.63, 3.8) is 0 Å². The van der Waals surface area contributed by atoms with E-state index in [2.05, 4.69) is 22.1 Å². The lowest BCUT2D eigenvalue weighted by Crippen LogP contribution is -2.48. The summed E-state index contributed by atoms with van der Waals surface area (Å²) in [7, 11) is 0. The number of hydrogen-bond acceptors (Lipinski definition) is 3. The van der Waals surface area contributed by atoms with Crippen LogP contribution < -0.4 is 11.1 Å². The van der Waals surface area contributed by atoms with Crippen molar-refractivity contribution in [3.8, 4) is 0 Å². The van der Waals surface area contributed by atoms with Crippen LogP contribution in [0.25, 0.3) is 0 Å². The molecule has 0 aliphatic carbocycles. The predicted octanol–water partition coefficient (Wildman–Crippen LogP) is 2.17. The van der Waals surface area contributed by atoms with Gasteiger partial charge in [-0.3, -0.25) is 4.79 Å². The van der Waals surface area contributed by atoms with E-state index in [0.29, 0.717) is 0 Å². The highest BCUT2D eigenvalue weighted by atomic mass is 32.1. The molecule has 0 aliphatic rings. The van der Waals surface area contributed by atoms with Crippen molar-refractivity contribution in [2.24, 2.45) is 11.7 Å². The summed E-state index contributed by atoms with van der Waals surface area (Å²) in [6.45, 7) is 6.07. The van der Waals surface area contributed by atoms with Gasteiger partial charge in [-0.25, -0.2) is 0 Å².